The summed E-state index contributed by atoms with van der Waals surface area (Å²) in [6, 6.07) is 3.68. The number of nitrogens with one attached hydrogen (secondary N) is 1. The first-order valence-corrected chi connectivity index (χ1v) is 11.0. The first-order valence-electron chi connectivity index (χ1n) is 9.52. The zero-order valence-electron chi connectivity index (χ0n) is 16.5. The van der Waals surface area contributed by atoms with E-state index in [0.29, 0.717) is 18.6 Å². The van der Waals surface area contributed by atoms with Crippen molar-refractivity contribution in [3.8, 4) is 5.75 Å². The molecule has 29 heavy (non-hydrogen) atoms. The fraction of sp³-hybridized carbons (Fsp3) is 0.667. The van der Waals surface area contributed by atoms with Crippen LogP contribution in [0, 0.1) is 13.8 Å². The number of carbonyl (C=O) groups excluding carboxylic acids is 1. The highest BCUT2D eigenvalue weighted by atomic mass is 32.2. The van der Waals surface area contributed by atoms with Crippen LogP contribution in [0.4, 0.5) is 0 Å². The van der Waals surface area contributed by atoms with E-state index < -0.39 is 33.4 Å². The standard InChI is InChI=1S/C18H27N3O7S/c1-12-9-15(10-13(2)19-12)28-14-3-6-21(7-4-14)29(25,26)16-5-8-27-11-18(16,23)17(22)20-24/h9-10,14,16,23-24H,3-8,11H2,1-2H3,(H,20,22). The first-order chi connectivity index (χ1) is 13.7. The molecule has 0 spiro atoms. The molecule has 2 saturated heterocycles. The number of hydrogen-bond donors (Lipinski definition) is 3. The highest BCUT2D eigenvalue weighted by Gasteiger charge is 2.54. The van der Waals surface area contributed by atoms with Crippen LogP contribution >= 0.6 is 0 Å². The van der Waals surface area contributed by atoms with E-state index in [9.17, 15) is 18.3 Å². The molecule has 11 heteroatoms. The summed E-state index contributed by atoms with van der Waals surface area (Å²) in [7, 11) is -3.99. The Morgan fingerprint density at radius 2 is 1.90 bits per heavy atom. The van der Waals surface area contributed by atoms with Crippen LogP contribution in [0.15, 0.2) is 12.1 Å². The third-order valence-electron chi connectivity index (χ3n) is 5.35. The van der Waals surface area contributed by atoms with Gasteiger partial charge in [-0.3, -0.25) is 15.0 Å². The van der Waals surface area contributed by atoms with Crippen LogP contribution < -0.4 is 10.2 Å². The molecule has 2 aliphatic heterocycles. The molecule has 2 fully saturated rings. The number of aryl methyl sites for hydroxylation is 2. The minimum absolute atomic E-state index is 0.0434. The van der Waals surface area contributed by atoms with Gasteiger partial charge in [0.05, 0.1) is 6.61 Å². The van der Waals surface area contributed by atoms with E-state index in [2.05, 4.69) is 4.98 Å². The Kier molecular flexibility index (Phi) is 6.44. The second-order valence-electron chi connectivity index (χ2n) is 7.54. The van der Waals surface area contributed by atoms with E-state index in [-0.39, 0.29) is 32.2 Å². The van der Waals surface area contributed by atoms with Gasteiger partial charge in [0, 0.05) is 43.2 Å². The van der Waals surface area contributed by atoms with Crippen LogP contribution in [0.1, 0.15) is 30.7 Å². The molecule has 10 nitrogen and oxygen atoms in total. The van der Waals surface area contributed by atoms with Gasteiger partial charge >= 0.3 is 0 Å². The summed E-state index contributed by atoms with van der Waals surface area (Å²) in [5.74, 6) is -0.484. The molecule has 0 bridgehead atoms. The van der Waals surface area contributed by atoms with E-state index in [0.717, 1.165) is 11.4 Å². The summed E-state index contributed by atoms with van der Waals surface area (Å²) in [6.45, 7) is 3.79. The third kappa shape index (κ3) is 4.53. The summed E-state index contributed by atoms with van der Waals surface area (Å²) in [4.78, 5) is 16.2. The molecule has 0 aromatic carbocycles. The third-order valence-corrected chi connectivity index (χ3v) is 7.78. The quantitative estimate of drug-likeness (QED) is 0.436. The molecule has 0 radical (unpaired) electrons. The van der Waals surface area contributed by atoms with Crippen molar-refractivity contribution in [2.24, 2.45) is 0 Å². The lowest BCUT2D eigenvalue weighted by molar-refractivity contribution is -0.161. The lowest BCUT2D eigenvalue weighted by Gasteiger charge is -2.41. The highest BCUT2D eigenvalue weighted by molar-refractivity contribution is 7.89. The number of aliphatic hydroxyl groups is 1. The predicted molar refractivity (Wildman–Crippen MR) is 102 cm³/mol. The second-order valence-corrected chi connectivity index (χ2v) is 9.66. The summed E-state index contributed by atoms with van der Waals surface area (Å²) in [5.41, 5.74) is 0.701. The van der Waals surface area contributed by atoms with Crippen LogP contribution in [-0.4, -0.2) is 77.2 Å². The largest absolute Gasteiger partial charge is 0.490 e. The summed E-state index contributed by atoms with van der Waals surface area (Å²) >= 11 is 0. The Morgan fingerprint density at radius 3 is 2.48 bits per heavy atom. The predicted octanol–water partition coefficient (Wildman–Crippen LogP) is -0.103. The maximum Gasteiger partial charge on any atom is 0.279 e. The number of hydrogen-bond acceptors (Lipinski definition) is 8. The van der Waals surface area contributed by atoms with Gasteiger partial charge in [-0.25, -0.2) is 18.2 Å². The van der Waals surface area contributed by atoms with Gasteiger partial charge in [-0.1, -0.05) is 0 Å². The maximum absolute atomic E-state index is 13.1. The van der Waals surface area contributed by atoms with Gasteiger partial charge in [0.1, 0.15) is 17.1 Å². The molecule has 1 amide bonds. The Balaban J connectivity index is 1.68. The fourth-order valence-corrected chi connectivity index (χ4v) is 6.04. The molecule has 3 heterocycles. The van der Waals surface area contributed by atoms with E-state index in [4.69, 9.17) is 14.7 Å². The van der Waals surface area contributed by atoms with Crippen LogP contribution in [0.5, 0.6) is 5.75 Å². The van der Waals surface area contributed by atoms with Gasteiger partial charge in [0.2, 0.25) is 10.0 Å². The minimum atomic E-state index is -3.99. The number of hydroxylamine groups is 1. The lowest BCUT2D eigenvalue weighted by Crippen LogP contribution is -2.64. The number of sulfonamides is 1. The van der Waals surface area contributed by atoms with E-state index >= 15 is 0 Å². The molecular formula is C18H27N3O7S. The van der Waals surface area contributed by atoms with Crippen molar-refractivity contribution in [2.45, 2.75) is 50.1 Å². The number of amides is 1. The van der Waals surface area contributed by atoms with E-state index in [1.807, 2.05) is 26.0 Å². The topological polar surface area (TPSA) is 138 Å². The van der Waals surface area contributed by atoms with Crippen molar-refractivity contribution in [1.82, 2.24) is 14.8 Å². The van der Waals surface area contributed by atoms with Crippen molar-refractivity contribution in [2.75, 3.05) is 26.3 Å². The van der Waals surface area contributed by atoms with Crippen molar-refractivity contribution >= 4 is 15.9 Å². The average molecular weight is 429 g/mol. The minimum Gasteiger partial charge on any atom is -0.490 e. The van der Waals surface area contributed by atoms with Crippen LogP contribution in [0.3, 0.4) is 0 Å². The number of ether oxygens (including phenoxy) is 2. The summed E-state index contributed by atoms with van der Waals surface area (Å²) in [5, 5.41) is 18.2. The summed E-state index contributed by atoms with van der Waals surface area (Å²) < 4.78 is 38.6. The molecule has 2 aliphatic rings. The number of rotatable bonds is 5. The van der Waals surface area contributed by atoms with Crippen LogP contribution in [0.2, 0.25) is 0 Å². The molecular weight excluding hydrogens is 402 g/mol. The Morgan fingerprint density at radius 1 is 1.28 bits per heavy atom. The van der Waals surface area contributed by atoms with Crippen molar-refractivity contribution in [3.63, 3.8) is 0 Å². The number of aromatic nitrogens is 1. The van der Waals surface area contributed by atoms with Crippen LogP contribution in [-0.2, 0) is 19.6 Å². The SMILES string of the molecule is Cc1cc(OC2CCN(S(=O)(=O)C3CCOCC3(O)C(=O)NO)CC2)cc(C)n1. The molecule has 0 saturated carbocycles. The van der Waals surface area contributed by atoms with Gasteiger partial charge in [-0.2, -0.15) is 0 Å². The van der Waals surface area contributed by atoms with Gasteiger partial charge < -0.3 is 14.6 Å². The summed E-state index contributed by atoms with van der Waals surface area (Å²) in [6.07, 6.45) is 0.774. The molecule has 3 N–H and O–H groups in total. The fourth-order valence-electron chi connectivity index (χ4n) is 3.89. The van der Waals surface area contributed by atoms with Crippen molar-refractivity contribution in [1.29, 1.82) is 0 Å². The Bertz CT molecular complexity index is 835. The van der Waals surface area contributed by atoms with Gasteiger partial charge in [-0.05, 0) is 33.1 Å². The number of pyridine rings is 1. The van der Waals surface area contributed by atoms with Gasteiger partial charge in [-0.15, -0.1) is 0 Å². The van der Waals surface area contributed by atoms with Crippen molar-refractivity contribution in [3.05, 3.63) is 23.5 Å². The maximum atomic E-state index is 13.1. The van der Waals surface area contributed by atoms with E-state index in [1.54, 1.807) is 0 Å². The number of piperidine rings is 1. The number of carbonyl (C=O) groups is 1. The molecule has 2 unspecified atom stereocenters. The number of nitrogens with zero attached hydrogens (tertiary/aromatic N) is 2. The molecule has 1 aromatic heterocycles. The van der Waals surface area contributed by atoms with Crippen molar-refractivity contribution < 1.29 is 33.0 Å². The van der Waals surface area contributed by atoms with Gasteiger partial charge in [0.15, 0.2) is 5.60 Å². The second kappa shape index (κ2) is 8.52. The smallest absolute Gasteiger partial charge is 0.279 e. The Labute approximate surface area is 169 Å². The molecule has 0 aliphatic carbocycles. The monoisotopic (exact) mass is 429 g/mol. The average Bonchev–Trinajstić information content (AvgIpc) is 2.67. The molecule has 1 aromatic rings. The zero-order chi connectivity index (χ0) is 21.2. The molecule has 3 rings (SSSR count). The Hall–Kier alpha value is -1.79. The highest BCUT2D eigenvalue weighted by Crippen LogP contribution is 2.31. The zero-order valence-corrected chi connectivity index (χ0v) is 17.3. The van der Waals surface area contributed by atoms with Gasteiger partial charge in [0.25, 0.3) is 5.91 Å². The first kappa shape index (κ1) is 21.9. The molecule has 162 valence electrons. The lowest BCUT2D eigenvalue weighted by atomic mass is 9.95. The molecule has 2 atom stereocenters. The van der Waals surface area contributed by atoms with E-state index in [1.165, 1.54) is 9.79 Å². The van der Waals surface area contributed by atoms with Crippen LogP contribution in [0.25, 0.3) is 0 Å². The normalized spacial score (nSPS) is 26.8.